The summed E-state index contributed by atoms with van der Waals surface area (Å²) in [6, 6.07) is 39.9. The number of allylic oxidation sites excluding steroid dienone is 1. The Hall–Kier alpha value is -5.19. The van der Waals surface area contributed by atoms with E-state index in [0.29, 0.717) is 49.7 Å². The highest BCUT2D eigenvalue weighted by Gasteiger charge is 2.58. The average Bonchev–Trinajstić information content (AvgIpc) is 3.93. The van der Waals surface area contributed by atoms with E-state index in [9.17, 15) is 14.7 Å². The Morgan fingerprint density at radius 1 is 0.857 bits per heavy atom. The van der Waals surface area contributed by atoms with Crippen LogP contribution >= 0.6 is 0 Å². The number of carbonyl (C=O) groups excluding carboxylic acids is 2. The van der Waals surface area contributed by atoms with Gasteiger partial charge in [-0.2, -0.15) is 0 Å². The molecule has 1 aliphatic carbocycles. The number of nitrogens with zero attached hydrogens (tertiary/aromatic N) is 2. The second-order valence-electron chi connectivity index (χ2n) is 16.0. The van der Waals surface area contributed by atoms with E-state index in [1.165, 1.54) is 15.3 Å². The van der Waals surface area contributed by atoms with Crippen molar-refractivity contribution in [1.82, 2.24) is 4.98 Å². The van der Waals surface area contributed by atoms with Crippen molar-refractivity contribution in [3.63, 3.8) is 0 Å². The molecule has 5 aromatic rings. The van der Waals surface area contributed by atoms with E-state index in [4.69, 9.17) is 13.6 Å². The second-order valence-corrected chi connectivity index (χ2v) is 20.3. The summed E-state index contributed by atoms with van der Waals surface area (Å²) in [5.74, 6) is -0.442. The number of rotatable bonds is 12. The van der Waals surface area contributed by atoms with E-state index in [1.807, 2.05) is 72.8 Å². The van der Waals surface area contributed by atoms with Gasteiger partial charge in [0.1, 0.15) is 18.1 Å². The fourth-order valence-corrected chi connectivity index (χ4v) is 13.8. The molecule has 4 heterocycles. The van der Waals surface area contributed by atoms with E-state index in [-0.39, 0.29) is 35.5 Å². The van der Waals surface area contributed by atoms with Crippen LogP contribution in [0.3, 0.4) is 0 Å². The minimum Gasteiger partial charge on any atom is -0.459 e. The molecule has 56 heavy (non-hydrogen) atoms. The van der Waals surface area contributed by atoms with Crippen molar-refractivity contribution in [2.45, 2.75) is 57.8 Å². The van der Waals surface area contributed by atoms with Gasteiger partial charge in [0.05, 0.1) is 42.5 Å². The summed E-state index contributed by atoms with van der Waals surface area (Å²) in [7, 11) is -2.94. The number of furan rings is 1. The summed E-state index contributed by atoms with van der Waals surface area (Å²) in [6.45, 7) is 7.30. The van der Waals surface area contributed by atoms with Crippen LogP contribution in [0.2, 0.25) is 5.04 Å². The summed E-state index contributed by atoms with van der Waals surface area (Å²) in [6.07, 6.45) is 5.14. The summed E-state index contributed by atoms with van der Waals surface area (Å²) < 4.78 is 20.1. The lowest BCUT2D eigenvalue weighted by atomic mass is 9.69. The first-order valence-corrected chi connectivity index (χ1v) is 21.4. The van der Waals surface area contributed by atoms with Crippen molar-refractivity contribution in [2.75, 3.05) is 18.1 Å². The van der Waals surface area contributed by atoms with Gasteiger partial charge in [0, 0.05) is 12.1 Å². The van der Waals surface area contributed by atoms with Crippen LogP contribution in [0.5, 0.6) is 0 Å². The Morgan fingerprint density at radius 3 is 2.12 bits per heavy atom. The molecule has 3 aliphatic rings. The number of carbonyl (C=O) groups is 2. The van der Waals surface area contributed by atoms with Crippen molar-refractivity contribution >= 4 is 47.8 Å². The molecule has 0 bridgehead atoms. The van der Waals surface area contributed by atoms with Gasteiger partial charge >= 0.3 is 0 Å². The molecule has 2 aliphatic heterocycles. The standard InChI is InChI=1S/C47H48N2O6Si/c1-47(2,3)56(37-17-9-5-10-18-37,38-19-11-6-12-20-38)54-30-33-28-39-44(46(52)49(45(39)51)34-15-7-4-8-16-34)40-31-53-42(43(33)40)25-22-32(41-21-13-14-26-48-41)27-35-23-24-36(29-50)55-35/h4-21,23-24,26-27,39-40,42,44,50H,22,25,28-31H2,1-3H3/b32-27-/t39-,40+,42-,44-/m1/s1. The lowest BCUT2D eigenvalue weighted by molar-refractivity contribution is -0.122. The quantitative estimate of drug-likeness (QED) is 0.0794. The van der Waals surface area contributed by atoms with Crippen LogP contribution in [0.1, 0.15) is 57.2 Å². The van der Waals surface area contributed by atoms with E-state index in [1.54, 1.807) is 12.3 Å². The number of para-hydroxylation sites is 1. The molecule has 0 saturated carbocycles. The Balaban J connectivity index is 1.19. The molecule has 4 atom stereocenters. The van der Waals surface area contributed by atoms with E-state index >= 15 is 0 Å². The molecule has 1 N–H and O–H groups in total. The third-order valence-corrected chi connectivity index (χ3v) is 16.7. The first kappa shape index (κ1) is 37.7. The fraction of sp³-hybridized carbons (Fsp3) is 0.298. The zero-order valence-corrected chi connectivity index (χ0v) is 33.1. The maximum Gasteiger partial charge on any atom is 0.261 e. The van der Waals surface area contributed by atoms with Crippen molar-refractivity contribution < 1.29 is 28.3 Å². The van der Waals surface area contributed by atoms with Crippen molar-refractivity contribution in [2.24, 2.45) is 17.8 Å². The second kappa shape index (κ2) is 15.7. The molecule has 2 amide bonds. The summed E-state index contributed by atoms with van der Waals surface area (Å²) >= 11 is 0. The van der Waals surface area contributed by atoms with Gasteiger partial charge in [0.2, 0.25) is 11.8 Å². The van der Waals surface area contributed by atoms with Gasteiger partial charge < -0.3 is 18.7 Å². The van der Waals surface area contributed by atoms with E-state index < -0.39 is 20.2 Å². The summed E-state index contributed by atoms with van der Waals surface area (Å²) in [5.41, 5.74) is 4.56. The Kier molecular flexibility index (Phi) is 10.6. The molecule has 8 rings (SSSR count). The largest absolute Gasteiger partial charge is 0.459 e. The van der Waals surface area contributed by atoms with Crippen LogP contribution in [0.4, 0.5) is 5.69 Å². The Labute approximate surface area is 329 Å². The lowest BCUT2D eigenvalue weighted by Crippen LogP contribution is -2.66. The molecule has 2 saturated heterocycles. The normalized spacial score (nSPS) is 21.4. The molecular formula is C47H48N2O6Si. The maximum absolute atomic E-state index is 14.4. The molecule has 3 aromatic carbocycles. The van der Waals surface area contributed by atoms with Crippen LogP contribution in [0.25, 0.3) is 11.6 Å². The number of hydrogen-bond donors (Lipinski definition) is 1. The molecule has 0 unspecified atom stereocenters. The zero-order valence-electron chi connectivity index (χ0n) is 32.1. The number of amides is 2. The van der Waals surface area contributed by atoms with Crippen LogP contribution in [0, 0.1) is 17.8 Å². The van der Waals surface area contributed by atoms with Crippen LogP contribution in [0.15, 0.2) is 143 Å². The lowest BCUT2D eigenvalue weighted by Gasteiger charge is -2.44. The number of fused-ring (bicyclic) bond motifs is 3. The molecule has 8 nitrogen and oxygen atoms in total. The number of aromatic nitrogens is 1. The number of pyridine rings is 1. The molecule has 286 valence electrons. The molecule has 9 heteroatoms. The van der Waals surface area contributed by atoms with E-state index in [2.05, 4.69) is 74.3 Å². The van der Waals surface area contributed by atoms with E-state index in [0.717, 1.165) is 22.4 Å². The third-order valence-electron chi connectivity index (χ3n) is 11.7. The number of aliphatic hydroxyl groups is 1. The van der Waals surface area contributed by atoms with Gasteiger partial charge in [0.25, 0.3) is 8.32 Å². The molecule has 2 fully saturated rings. The van der Waals surface area contributed by atoms with Crippen LogP contribution in [-0.4, -0.2) is 49.5 Å². The smallest absolute Gasteiger partial charge is 0.261 e. The first-order chi connectivity index (χ1) is 27.2. The van der Waals surface area contributed by atoms with Crippen molar-refractivity contribution in [3.8, 4) is 0 Å². The Bertz CT molecular complexity index is 2190. The maximum atomic E-state index is 14.4. The number of aliphatic hydroxyl groups excluding tert-OH is 1. The molecular weight excluding hydrogens is 717 g/mol. The highest BCUT2D eigenvalue weighted by atomic mass is 28.4. The highest BCUT2D eigenvalue weighted by Crippen LogP contribution is 2.51. The SMILES string of the molecule is CC(C)(C)[Si](OCC1=C2[C@@H](CC/C(=C/c3ccc(CO)o3)c3ccccn3)OC[C@@H]2[C@@H]2C(=O)N(c3ccccc3)C(=O)[C@@H]2C1)(c1ccccc1)c1ccccc1. The number of ether oxygens (including phenoxy) is 1. The highest BCUT2D eigenvalue weighted by molar-refractivity contribution is 6.99. The monoisotopic (exact) mass is 764 g/mol. The third kappa shape index (κ3) is 6.94. The van der Waals surface area contributed by atoms with Gasteiger partial charge in [-0.15, -0.1) is 0 Å². The summed E-state index contributed by atoms with van der Waals surface area (Å²) in [4.78, 5) is 34.7. The van der Waals surface area contributed by atoms with Gasteiger partial charge in [-0.1, -0.05) is 106 Å². The molecule has 0 spiro atoms. The predicted molar refractivity (Wildman–Crippen MR) is 220 cm³/mol. The van der Waals surface area contributed by atoms with Crippen LogP contribution < -0.4 is 15.3 Å². The minimum absolute atomic E-state index is 0.155. The summed E-state index contributed by atoms with van der Waals surface area (Å²) in [5, 5.41) is 11.8. The topological polar surface area (TPSA) is 102 Å². The van der Waals surface area contributed by atoms with Gasteiger partial charge in [-0.05, 0) is 93.9 Å². The number of anilines is 1. The number of imide groups is 1. The first-order valence-electron chi connectivity index (χ1n) is 19.5. The van der Waals surface area contributed by atoms with Gasteiger partial charge in [-0.25, -0.2) is 0 Å². The van der Waals surface area contributed by atoms with Crippen molar-refractivity contribution in [1.29, 1.82) is 0 Å². The van der Waals surface area contributed by atoms with Crippen molar-refractivity contribution in [3.05, 3.63) is 156 Å². The minimum atomic E-state index is -2.94. The number of hydrogen-bond acceptors (Lipinski definition) is 7. The van der Waals surface area contributed by atoms with Gasteiger partial charge in [0.15, 0.2) is 0 Å². The average molecular weight is 765 g/mol. The van der Waals surface area contributed by atoms with Gasteiger partial charge in [-0.3, -0.25) is 19.5 Å². The number of benzene rings is 3. The predicted octanol–water partition coefficient (Wildman–Crippen LogP) is 7.59. The van der Waals surface area contributed by atoms with Crippen LogP contribution in [-0.2, 0) is 25.4 Å². The molecule has 0 radical (unpaired) electrons. The zero-order chi connectivity index (χ0) is 38.9. The Morgan fingerprint density at radius 2 is 1.52 bits per heavy atom. The molecule has 2 aromatic heterocycles. The fourth-order valence-electron chi connectivity index (χ4n) is 9.24.